The first-order valence-corrected chi connectivity index (χ1v) is 10.9. The average Bonchev–Trinajstić information content (AvgIpc) is 3.35. The number of carbonyl (C=O) groups is 1. The normalized spacial score (nSPS) is 16.3. The number of thiazole rings is 1. The van der Waals surface area contributed by atoms with Gasteiger partial charge in [0.2, 0.25) is 0 Å². The van der Waals surface area contributed by atoms with Gasteiger partial charge in [-0.05, 0) is 42.4 Å². The Hall–Kier alpha value is -2.67. The molecule has 2 heterocycles. The summed E-state index contributed by atoms with van der Waals surface area (Å²) in [4.78, 5) is 16.9. The fourth-order valence-electron chi connectivity index (χ4n) is 3.76. The smallest absolute Gasteiger partial charge is 0.271 e. The van der Waals surface area contributed by atoms with E-state index in [4.69, 9.17) is 0 Å². The van der Waals surface area contributed by atoms with Crippen LogP contribution in [0.1, 0.15) is 67.0 Å². The topological polar surface area (TPSA) is 71.8 Å². The molecule has 152 valence electrons. The molecule has 0 saturated carbocycles. The van der Waals surface area contributed by atoms with Crippen molar-refractivity contribution in [2.45, 2.75) is 51.5 Å². The van der Waals surface area contributed by atoms with Crippen molar-refractivity contribution < 1.29 is 4.79 Å². The Balaban J connectivity index is 1.56. The summed E-state index contributed by atoms with van der Waals surface area (Å²) in [5, 5.41) is 13.3. The van der Waals surface area contributed by atoms with Crippen LogP contribution in [0.25, 0.3) is 5.69 Å². The number of anilines is 1. The van der Waals surface area contributed by atoms with Crippen molar-refractivity contribution in [1.82, 2.24) is 20.1 Å². The van der Waals surface area contributed by atoms with Gasteiger partial charge in [-0.2, -0.15) is 5.10 Å². The van der Waals surface area contributed by atoms with Crippen molar-refractivity contribution >= 4 is 22.4 Å². The Morgan fingerprint density at radius 2 is 2.00 bits per heavy atom. The van der Waals surface area contributed by atoms with Crippen molar-refractivity contribution in [3.63, 3.8) is 0 Å². The van der Waals surface area contributed by atoms with Crippen LogP contribution in [0.15, 0.2) is 35.8 Å². The number of hydrogen-bond acceptors (Lipinski definition) is 5. The van der Waals surface area contributed by atoms with Crippen LogP contribution in [0.3, 0.4) is 0 Å². The number of rotatable bonds is 4. The Morgan fingerprint density at radius 1 is 1.24 bits per heavy atom. The average molecular weight is 410 g/mol. The molecule has 0 bridgehead atoms. The predicted molar refractivity (Wildman–Crippen MR) is 117 cm³/mol. The van der Waals surface area contributed by atoms with Crippen LogP contribution >= 0.6 is 11.3 Å². The number of hydrogen-bond donors (Lipinski definition) is 2. The van der Waals surface area contributed by atoms with Gasteiger partial charge in [-0.3, -0.25) is 4.79 Å². The zero-order valence-corrected chi connectivity index (χ0v) is 18.1. The highest BCUT2D eigenvalue weighted by Crippen LogP contribution is 2.32. The second-order valence-electron chi connectivity index (χ2n) is 8.46. The highest BCUT2D eigenvalue weighted by Gasteiger charge is 2.27. The summed E-state index contributed by atoms with van der Waals surface area (Å²) in [6, 6.07) is 8.57. The number of benzene rings is 1. The van der Waals surface area contributed by atoms with Gasteiger partial charge < -0.3 is 10.6 Å². The van der Waals surface area contributed by atoms with Crippen molar-refractivity contribution in [3.05, 3.63) is 58.4 Å². The van der Waals surface area contributed by atoms with E-state index >= 15 is 0 Å². The number of fused-ring (bicyclic) bond motifs is 1. The van der Waals surface area contributed by atoms with E-state index in [9.17, 15) is 4.79 Å². The zero-order chi connectivity index (χ0) is 20.6. The number of nitrogens with zero attached hydrogens (tertiary/aromatic N) is 3. The molecule has 0 aliphatic heterocycles. The molecule has 29 heavy (non-hydrogen) atoms. The van der Waals surface area contributed by atoms with Crippen molar-refractivity contribution in [1.29, 1.82) is 0 Å². The van der Waals surface area contributed by atoms with Crippen LogP contribution in [0.4, 0.5) is 5.13 Å². The van der Waals surface area contributed by atoms with Crippen LogP contribution in [0, 0.1) is 0 Å². The summed E-state index contributed by atoms with van der Waals surface area (Å²) < 4.78 is 2.02. The SMILES string of the molecule is CNc1nc(C(=O)N[C@@H]2CCCc3c2cnn3-c2ccc(C(C)(C)C)cc2)cs1. The Morgan fingerprint density at radius 3 is 2.66 bits per heavy atom. The first-order valence-electron chi connectivity index (χ1n) is 9.98. The van der Waals surface area contributed by atoms with Gasteiger partial charge in [0, 0.05) is 23.7 Å². The molecule has 0 spiro atoms. The van der Waals surface area contributed by atoms with E-state index in [1.165, 1.54) is 22.6 Å². The van der Waals surface area contributed by atoms with Crippen molar-refractivity contribution in [2.75, 3.05) is 12.4 Å². The molecule has 1 atom stereocenters. The van der Waals surface area contributed by atoms with Gasteiger partial charge in [-0.1, -0.05) is 32.9 Å². The molecule has 2 aromatic heterocycles. The molecule has 3 aromatic rings. The molecule has 2 N–H and O–H groups in total. The van der Waals surface area contributed by atoms with Gasteiger partial charge in [0.25, 0.3) is 5.91 Å². The fourth-order valence-corrected chi connectivity index (χ4v) is 4.41. The lowest BCUT2D eigenvalue weighted by Crippen LogP contribution is -2.31. The molecular formula is C22H27N5OS. The molecule has 6 nitrogen and oxygen atoms in total. The summed E-state index contributed by atoms with van der Waals surface area (Å²) in [5.41, 5.74) is 5.23. The first-order chi connectivity index (χ1) is 13.9. The Labute approximate surface area is 175 Å². The molecule has 1 amide bonds. The van der Waals surface area contributed by atoms with E-state index in [-0.39, 0.29) is 17.4 Å². The van der Waals surface area contributed by atoms with E-state index in [1.54, 1.807) is 12.4 Å². The number of carbonyl (C=O) groups excluding carboxylic acids is 1. The number of amides is 1. The van der Waals surface area contributed by atoms with Crippen LogP contribution in [0.5, 0.6) is 0 Å². The maximum absolute atomic E-state index is 12.6. The van der Waals surface area contributed by atoms with Gasteiger partial charge >= 0.3 is 0 Å². The third-order valence-electron chi connectivity index (χ3n) is 5.42. The van der Waals surface area contributed by atoms with E-state index in [0.29, 0.717) is 5.69 Å². The molecule has 0 unspecified atom stereocenters. The fraction of sp³-hybridized carbons (Fsp3) is 0.409. The highest BCUT2D eigenvalue weighted by molar-refractivity contribution is 7.13. The number of nitrogens with one attached hydrogen (secondary N) is 2. The summed E-state index contributed by atoms with van der Waals surface area (Å²) in [6.07, 6.45) is 4.79. The molecule has 0 radical (unpaired) electrons. The van der Waals surface area contributed by atoms with Crippen molar-refractivity contribution in [2.24, 2.45) is 0 Å². The molecule has 1 aliphatic carbocycles. The summed E-state index contributed by atoms with van der Waals surface area (Å²) in [7, 11) is 1.80. The lowest BCUT2D eigenvalue weighted by molar-refractivity contribution is 0.0928. The summed E-state index contributed by atoms with van der Waals surface area (Å²) in [5.74, 6) is -0.136. The Kier molecular flexibility index (Phi) is 5.17. The maximum Gasteiger partial charge on any atom is 0.271 e. The van der Waals surface area contributed by atoms with Crippen molar-refractivity contribution in [3.8, 4) is 5.69 Å². The van der Waals surface area contributed by atoms with E-state index in [2.05, 4.69) is 65.8 Å². The molecule has 4 rings (SSSR count). The molecule has 7 heteroatoms. The van der Waals surface area contributed by atoms with Crippen LogP contribution < -0.4 is 10.6 Å². The standard InChI is InChI=1S/C22H27N5OS/c1-22(2,3)14-8-10-15(11-9-14)27-19-7-5-6-17(16(19)12-24-27)25-20(28)18-13-29-21(23-4)26-18/h8-13,17H,5-7H2,1-4H3,(H,23,26)(H,25,28)/t17-/m1/s1. The molecule has 1 aromatic carbocycles. The molecule has 0 saturated heterocycles. The van der Waals surface area contributed by atoms with Gasteiger partial charge in [0.15, 0.2) is 5.13 Å². The maximum atomic E-state index is 12.6. The molecular weight excluding hydrogens is 382 g/mol. The third kappa shape index (κ3) is 3.92. The van der Waals surface area contributed by atoms with Crippen LogP contribution in [-0.4, -0.2) is 27.7 Å². The predicted octanol–water partition coefficient (Wildman–Crippen LogP) is 4.48. The van der Waals surface area contributed by atoms with Gasteiger partial charge in [0.05, 0.1) is 17.9 Å². The zero-order valence-electron chi connectivity index (χ0n) is 17.3. The summed E-state index contributed by atoms with van der Waals surface area (Å²) in [6.45, 7) is 6.65. The lowest BCUT2D eigenvalue weighted by atomic mass is 9.87. The Bertz CT molecular complexity index is 1010. The quantitative estimate of drug-likeness (QED) is 0.667. The molecule has 0 fully saturated rings. The minimum absolute atomic E-state index is 0.0337. The van der Waals surface area contributed by atoms with E-state index in [1.807, 2.05) is 10.9 Å². The second kappa shape index (κ2) is 7.63. The second-order valence-corrected chi connectivity index (χ2v) is 9.32. The monoisotopic (exact) mass is 409 g/mol. The minimum atomic E-state index is -0.136. The lowest BCUT2D eigenvalue weighted by Gasteiger charge is -2.24. The van der Waals surface area contributed by atoms with E-state index < -0.39 is 0 Å². The van der Waals surface area contributed by atoms with Gasteiger partial charge in [-0.15, -0.1) is 11.3 Å². The largest absolute Gasteiger partial charge is 0.365 e. The minimum Gasteiger partial charge on any atom is -0.365 e. The van der Waals surface area contributed by atoms with Crippen LogP contribution in [0.2, 0.25) is 0 Å². The van der Waals surface area contributed by atoms with E-state index in [0.717, 1.165) is 35.6 Å². The van der Waals surface area contributed by atoms with Gasteiger partial charge in [0.1, 0.15) is 5.69 Å². The van der Waals surface area contributed by atoms with Gasteiger partial charge in [-0.25, -0.2) is 9.67 Å². The third-order valence-corrected chi connectivity index (χ3v) is 6.28. The summed E-state index contributed by atoms with van der Waals surface area (Å²) >= 11 is 1.43. The first kappa shape index (κ1) is 19.6. The van der Waals surface area contributed by atoms with Crippen LogP contribution in [-0.2, 0) is 11.8 Å². The number of aromatic nitrogens is 3. The highest BCUT2D eigenvalue weighted by atomic mass is 32.1. The molecule has 1 aliphatic rings.